The number of carbonyl (C=O) groups is 1. The zero-order chi connectivity index (χ0) is 7.98. The molecule has 0 saturated carbocycles. The smallest absolute Gasteiger partial charge is 0.466 e. The summed E-state index contributed by atoms with van der Waals surface area (Å²) in [6, 6.07) is 0. The van der Waals surface area contributed by atoms with Crippen LogP contribution in [0.2, 0.25) is 0 Å². The number of hydrogen-bond donors (Lipinski definition) is 1. The van der Waals surface area contributed by atoms with Crippen molar-refractivity contribution in [1.82, 2.24) is 0 Å². The quantitative estimate of drug-likeness (QED) is 0.378. The molecule has 10 heavy (non-hydrogen) atoms. The van der Waals surface area contributed by atoms with Gasteiger partial charge in [0.15, 0.2) is 6.16 Å². The summed E-state index contributed by atoms with van der Waals surface area (Å²) in [5, 5.41) is 0. The fourth-order valence-corrected chi connectivity index (χ4v) is 0.815. The van der Waals surface area contributed by atoms with E-state index in [0.29, 0.717) is 6.42 Å². The molecule has 4 nitrogen and oxygen atoms in total. The molecule has 0 aromatic carbocycles. The van der Waals surface area contributed by atoms with E-state index in [2.05, 4.69) is 4.74 Å². The minimum atomic E-state index is -2.07. The Morgan fingerprint density at radius 2 is 2.30 bits per heavy atom. The van der Waals surface area contributed by atoms with Crippen molar-refractivity contribution in [2.75, 3.05) is 12.8 Å². The van der Waals surface area contributed by atoms with E-state index in [-0.39, 0.29) is 18.7 Å². The van der Waals surface area contributed by atoms with Crippen LogP contribution in [-0.4, -0.2) is 23.6 Å². The van der Waals surface area contributed by atoms with Crippen LogP contribution in [0.15, 0.2) is 0 Å². The Morgan fingerprint density at radius 1 is 1.70 bits per heavy atom. The summed E-state index contributed by atoms with van der Waals surface area (Å²) in [7, 11) is -2.07. The van der Waals surface area contributed by atoms with Gasteiger partial charge in [0, 0.05) is 13.3 Å². The van der Waals surface area contributed by atoms with Crippen molar-refractivity contribution in [3.63, 3.8) is 0 Å². The molecule has 0 amide bonds. The van der Waals surface area contributed by atoms with Crippen LogP contribution in [0.1, 0.15) is 13.3 Å². The van der Waals surface area contributed by atoms with Crippen molar-refractivity contribution in [3.05, 3.63) is 0 Å². The maximum atomic E-state index is 10.1. The van der Waals surface area contributed by atoms with Gasteiger partial charge in [-0.25, -0.2) is 0 Å². The highest BCUT2D eigenvalue weighted by molar-refractivity contribution is 7.37. The third-order valence-electron chi connectivity index (χ3n) is 0.799. The number of hydrogen-bond acceptors (Lipinski definition) is 3. The second-order valence-electron chi connectivity index (χ2n) is 1.77. The number of rotatable bonds is 4. The summed E-state index contributed by atoms with van der Waals surface area (Å²) in [4.78, 5) is 18.4. The molecule has 1 unspecified atom stereocenters. The molecule has 0 aliphatic rings. The Labute approximate surface area is 60.1 Å². The average molecular weight is 165 g/mol. The summed E-state index contributed by atoms with van der Waals surface area (Å²) in [6.07, 6.45) is 0.647. The third-order valence-corrected chi connectivity index (χ3v) is 1.50. The Bertz CT molecular complexity index is 118. The van der Waals surface area contributed by atoms with E-state index in [4.69, 9.17) is 4.89 Å². The molecule has 0 aliphatic heterocycles. The molecule has 0 rings (SSSR count). The lowest BCUT2D eigenvalue weighted by Crippen LogP contribution is -2.00. The zero-order valence-electron chi connectivity index (χ0n) is 5.74. The van der Waals surface area contributed by atoms with Gasteiger partial charge in [-0.15, -0.1) is 0 Å². The average Bonchev–Trinajstić information content (AvgIpc) is 1.79. The maximum Gasteiger partial charge on any atom is 0.505 e. The number of esters is 1. The molecular formula is C5H10O4P+. The number of carbonyl (C=O) groups excluding carboxylic acids is 1. The predicted octanol–water partition coefficient (Wildman–Crippen LogP) is 0.674. The first-order valence-corrected chi connectivity index (χ1v) is 4.29. The Kier molecular flexibility index (Phi) is 5.08. The SMILES string of the molecule is CC(=O)OCCC[P+](=O)O. The van der Waals surface area contributed by atoms with Gasteiger partial charge in [-0.1, -0.05) is 0 Å². The van der Waals surface area contributed by atoms with Crippen molar-refractivity contribution in [2.45, 2.75) is 13.3 Å². The molecule has 0 spiro atoms. The van der Waals surface area contributed by atoms with Crippen LogP contribution < -0.4 is 0 Å². The minimum Gasteiger partial charge on any atom is -0.466 e. The van der Waals surface area contributed by atoms with Gasteiger partial charge in [0.1, 0.15) is 0 Å². The van der Waals surface area contributed by atoms with Crippen LogP contribution in [0, 0.1) is 0 Å². The topological polar surface area (TPSA) is 63.6 Å². The molecule has 5 heteroatoms. The maximum absolute atomic E-state index is 10.1. The molecule has 58 valence electrons. The molecule has 0 aliphatic carbocycles. The first kappa shape index (κ1) is 9.53. The van der Waals surface area contributed by atoms with E-state index in [1.807, 2.05) is 0 Å². The van der Waals surface area contributed by atoms with Crippen LogP contribution in [0.3, 0.4) is 0 Å². The molecule has 0 heterocycles. The van der Waals surface area contributed by atoms with E-state index in [9.17, 15) is 9.36 Å². The third kappa shape index (κ3) is 7.53. The Balaban J connectivity index is 3.06. The molecule has 0 fully saturated rings. The van der Waals surface area contributed by atoms with Gasteiger partial charge in [0.05, 0.1) is 6.61 Å². The normalized spacial score (nSPS) is 10.8. The van der Waals surface area contributed by atoms with Crippen molar-refractivity contribution >= 4 is 14.0 Å². The molecule has 0 aromatic rings. The second kappa shape index (κ2) is 5.33. The first-order valence-electron chi connectivity index (χ1n) is 2.90. The van der Waals surface area contributed by atoms with Crippen molar-refractivity contribution in [3.8, 4) is 0 Å². The van der Waals surface area contributed by atoms with Crippen molar-refractivity contribution in [1.29, 1.82) is 0 Å². The van der Waals surface area contributed by atoms with E-state index < -0.39 is 8.03 Å². The van der Waals surface area contributed by atoms with E-state index >= 15 is 0 Å². The fourth-order valence-electron chi connectivity index (χ4n) is 0.416. The van der Waals surface area contributed by atoms with Gasteiger partial charge in [-0.3, -0.25) is 4.79 Å². The van der Waals surface area contributed by atoms with Gasteiger partial charge in [-0.2, -0.15) is 4.89 Å². The molecule has 0 radical (unpaired) electrons. The van der Waals surface area contributed by atoms with Gasteiger partial charge < -0.3 is 4.74 Å². The second-order valence-corrected chi connectivity index (χ2v) is 2.92. The van der Waals surface area contributed by atoms with Crippen LogP contribution in [0.25, 0.3) is 0 Å². The zero-order valence-corrected chi connectivity index (χ0v) is 6.63. The lowest BCUT2D eigenvalue weighted by atomic mass is 10.5. The van der Waals surface area contributed by atoms with E-state index in [0.717, 1.165) is 0 Å². The highest BCUT2D eigenvalue weighted by Gasteiger charge is 2.08. The Hall–Kier alpha value is -0.470. The van der Waals surface area contributed by atoms with Crippen LogP contribution in [0.4, 0.5) is 0 Å². The molecule has 1 N–H and O–H groups in total. The molecule has 1 atom stereocenters. The lowest BCUT2D eigenvalue weighted by molar-refractivity contribution is -0.140. The van der Waals surface area contributed by atoms with Crippen LogP contribution in [-0.2, 0) is 14.1 Å². The first-order chi connectivity index (χ1) is 4.63. The largest absolute Gasteiger partial charge is 0.505 e. The molecule has 0 saturated heterocycles. The van der Waals surface area contributed by atoms with Crippen molar-refractivity contribution in [2.24, 2.45) is 0 Å². The Morgan fingerprint density at radius 3 is 2.70 bits per heavy atom. The van der Waals surface area contributed by atoms with Gasteiger partial charge in [0.25, 0.3) is 0 Å². The fraction of sp³-hybridized carbons (Fsp3) is 0.800. The molecular weight excluding hydrogens is 155 g/mol. The highest BCUT2D eigenvalue weighted by Crippen LogP contribution is 2.13. The predicted molar refractivity (Wildman–Crippen MR) is 35.9 cm³/mol. The minimum absolute atomic E-state index is 0.197. The van der Waals surface area contributed by atoms with Crippen LogP contribution >= 0.6 is 8.03 Å². The van der Waals surface area contributed by atoms with E-state index in [1.165, 1.54) is 6.92 Å². The summed E-state index contributed by atoms with van der Waals surface area (Å²) in [6.45, 7) is 1.54. The van der Waals surface area contributed by atoms with Gasteiger partial charge in [0.2, 0.25) is 0 Å². The summed E-state index contributed by atoms with van der Waals surface area (Å²) in [5.41, 5.74) is 0. The van der Waals surface area contributed by atoms with Gasteiger partial charge >= 0.3 is 14.0 Å². The van der Waals surface area contributed by atoms with E-state index in [1.54, 1.807) is 0 Å². The molecule has 0 aromatic heterocycles. The van der Waals surface area contributed by atoms with Gasteiger partial charge in [-0.05, 0) is 4.57 Å². The molecule has 0 bridgehead atoms. The summed E-state index contributed by atoms with van der Waals surface area (Å²) in [5.74, 6) is -0.354. The number of ether oxygens (including phenoxy) is 1. The van der Waals surface area contributed by atoms with Crippen LogP contribution in [0.5, 0.6) is 0 Å². The standard InChI is InChI=1S/C5H9O4P/c1-5(6)9-3-2-4-10(7)8/h2-4H2,1H3/p+1. The monoisotopic (exact) mass is 165 g/mol. The lowest BCUT2D eigenvalue weighted by Gasteiger charge is -1.94. The highest BCUT2D eigenvalue weighted by atomic mass is 31.1. The van der Waals surface area contributed by atoms with Crippen molar-refractivity contribution < 1.29 is 19.0 Å². The summed E-state index contributed by atoms with van der Waals surface area (Å²) < 4.78 is 14.6. The summed E-state index contributed by atoms with van der Waals surface area (Å²) >= 11 is 0.